The summed E-state index contributed by atoms with van der Waals surface area (Å²) >= 11 is 1.63. The molecular weight excluding hydrogens is 384 g/mol. The van der Waals surface area contributed by atoms with E-state index in [1.807, 2.05) is 10.9 Å². The van der Waals surface area contributed by atoms with Crippen molar-refractivity contribution in [3.63, 3.8) is 0 Å². The van der Waals surface area contributed by atoms with Gasteiger partial charge in [0.25, 0.3) is 0 Å². The van der Waals surface area contributed by atoms with Crippen LogP contribution >= 0.6 is 11.8 Å². The van der Waals surface area contributed by atoms with Gasteiger partial charge in [-0.3, -0.25) is 4.79 Å². The Kier molecular flexibility index (Phi) is 8.15. The number of hydrogen-bond donors (Lipinski definition) is 2. The normalized spacial score (nSPS) is 15.2. The van der Waals surface area contributed by atoms with Crippen molar-refractivity contribution in [2.75, 3.05) is 24.2 Å². The van der Waals surface area contributed by atoms with E-state index in [1.165, 1.54) is 32.1 Å². The van der Waals surface area contributed by atoms with Gasteiger partial charge in [0.15, 0.2) is 10.8 Å². The van der Waals surface area contributed by atoms with Crippen molar-refractivity contribution in [2.45, 2.75) is 71.0 Å². The third-order valence-corrected chi connectivity index (χ3v) is 6.00. The van der Waals surface area contributed by atoms with Crippen LogP contribution in [0.15, 0.2) is 11.4 Å². The first kappa shape index (κ1) is 21.9. The molecule has 2 heterocycles. The van der Waals surface area contributed by atoms with Crippen LogP contribution in [0, 0.1) is 11.8 Å². The Hall–Kier alpha value is -1.83. The summed E-state index contributed by atoms with van der Waals surface area (Å²) in [5, 5.41) is 12.7. The molecule has 1 amide bonds. The fourth-order valence-corrected chi connectivity index (χ4v) is 4.32. The van der Waals surface area contributed by atoms with Gasteiger partial charge in [-0.15, -0.1) is 0 Å². The number of carbonyl (C=O) groups excluding carboxylic acids is 1. The second kappa shape index (κ2) is 10.8. The standard InChI is InChI=1S/C21H34N6OS/c1-4-29-21-25-19(23-13-15(2)3)17-14-24-27(20(17)26-21)11-10-22-18(28)12-16-8-6-5-7-9-16/h14-16H,4-13H2,1-3H3,(H,22,28)(H,23,25,26). The van der Waals surface area contributed by atoms with Crippen molar-refractivity contribution in [3.8, 4) is 0 Å². The van der Waals surface area contributed by atoms with Gasteiger partial charge < -0.3 is 10.6 Å². The number of carbonyl (C=O) groups is 1. The largest absolute Gasteiger partial charge is 0.369 e. The Labute approximate surface area is 177 Å². The van der Waals surface area contributed by atoms with E-state index >= 15 is 0 Å². The van der Waals surface area contributed by atoms with E-state index in [0.29, 0.717) is 31.3 Å². The molecule has 1 aliphatic rings. The first-order chi connectivity index (χ1) is 14.1. The molecule has 160 valence electrons. The zero-order chi connectivity index (χ0) is 20.6. The summed E-state index contributed by atoms with van der Waals surface area (Å²) < 4.78 is 1.87. The average Bonchev–Trinajstić information content (AvgIpc) is 3.10. The highest BCUT2D eigenvalue weighted by Gasteiger charge is 2.17. The molecule has 1 fully saturated rings. The second-order valence-electron chi connectivity index (χ2n) is 8.23. The molecule has 0 spiro atoms. The molecule has 2 aromatic heterocycles. The highest BCUT2D eigenvalue weighted by Crippen LogP contribution is 2.26. The Morgan fingerprint density at radius 2 is 2.07 bits per heavy atom. The monoisotopic (exact) mass is 418 g/mol. The van der Waals surface area contributed by atoms with Crippen molar-refractivity contribution < 1.29 is 4.79 Å². The van der Waals surface area contributed by atoms with Crippen molar-refractivity contribution in [2.24, 2.45) is 11.8 Å². The quantitative estimate of drug-likeness (QED) is 0.446. The van der Waals surface area contributed by atoms with Crippen LogP contribution in [0.4, 0.5) is 5.82 Å². The van der Waals surface area contributed by atoms with E-state index in [1.54, 1.807) is 11.8 Å². The highest BCUT2D eigenvalue weighted by atomic mass is 32.2. The smallest absolute Gasteiger partial charge is 0.220 e. The van der Waals surface area contributed by atoms with Gasteiger partial charge in [-0.2, -0.15) is 5.10 Å². The Morgan fingerprint density at radius 3 is 2.79 bits per heavy atom. The van der Waals surface area contributed by atoms with Crippen LogP contribution in [0.1, 0.15) is 59.3 Å². The van der Waals surface area contributed by atoms with E-state index in [0.717, 1.165) is 34.3 Å². The van der Waals surface area contributed by atoms with Gasteiger partial charge in [0.1, 0.15) is 5.82 Å². The van der Waals surface area contributed by atoms with Crippen LogP contribution in [0.2, 0.25) is 0 Å². The molecule has 8 heteroatoms. The maximum atomic E-state index is 12.3. The molecule has 1 saturated carbocycles. The summed E-state index contributed by atoms with van der Waals surface area (Å²) in [6.45, 7) is 8.47. The minimum absolute atomic E-state index is 0.157. The highest BCUT2D eigenvalue weighted by molar-refractivity contribution is 7.99. The predicted octanol–water partition coefficient (Wildman–Crippen LogP) is 4.09. The fraction of sp³-hybridized carbons (Fsp3) is 0.714. The third-order valence-electron chi connectivity index (χ3n) is 5.27. The summed E-state index contributed by atoms with van der Waals surface area (Å²) in [5.41, 5.74) is 0.823. The van der Waals surface area contributed by atoms with Gasteiger partial charge in [-0.05, 0) is 30.4 Å². The molecule has 0 atom stereocenters. The zero-order valence-electron chi connectivity index (χ0n) is 17.9. The maximum Gasteiger partial charge on any atom is 0.220 e. The van der Waals surface area contributed by atoms with Crippen molar-refractivity contribution in [1.82, 2.24) is 25.1 Å². The third kappa shape index (κ3) is 6.32. The van der Waals surface area contributed by atoms with E-state index in [4.69, 9.17) is 4.98 Å². The Balaban J connectivity index is 1.63. The number of rotatable bonds is 10. The van der Waals surface area contributed by atoms with Gasteiger partial charge in [0.2, 0.25) is 5.91 Å². The lowest BCUT2D eigenvalue weighted by Crippen LogP contribution is -2.29. The minimum Gasteiger partial charge on any atom is -0.369 e. The molecule has 2 N–H and O–H groups in total. The molecule has 3 rings (SSSR count). The molecule has 0 aliphatic heterocycles. The van der Waals surface area contributed by atoms with Gasteiger partial charge >= 0.3 is 0 Å². The van der Waals surface area contributed by atoms with E-state index in [2.05, 4.69) is 41.5 Å². The summed E-state index contributed by atoms with van der Waals surface area (Å²) in [4.78, 5) is 21.6. The molecule has 1 aliphatic carbocycles. The SMILES string of the molecule is CCSc1nc(NCC(C)C)c2cnn(CCNC(=O)CC3CCCCC3)c2n1. The van der Waals surface area contributed by atoms with Crippen molar-refractivity contribution in [1.29, 1.82) is 0 Å². The topological polar surface area (TPSA) is 84.7 Å². The van der Waals surface area contributed by atoms with Crippen LogP contribution in [0.3, 0.4) is 0 Å². The lowest BCUT2D eigenvalue weighted by molar-refractivity contribution is -0.122. The van der Waals surface area contributed by atoms with E-state index < -0.39 is 0 Å². The number of aromatic nitrogens is 4. The first-order valence-corrected chi connectivity index (χ1v) is 11.9. The number of nitrogens with zero attached hydrogens (tertiary/aromatic N) is 4. The van der Waals surface area contributed by atoms with Gasteiger partial charge in [-0.25, -0.2) is 14.6 Å². The van der Waals surface area contributed by atoms with E-state index in [-0.39, 0.29) is 5.91 Å². The molecule has 29 heavy (non-hydrogen) atoms. The molecule has 0 saturated heterocycles. The van der Waals surface area contributed by atoms with Crippen LogP contribution in [0.25, 0.3) is 11.0 Å². The molecule has 0 unspecified atom stereocenters. The van der Waals surface area contributed by atoms with Crippen LogP contribution in [-0.4, -0.2) is 44.5 Å². The van der Waals surface area contributed by atoms with Gasteiger partial charge in [-0.1, -0.05) is 51.8 Å². The summed E-state index contributed by atoms with van der Waals surface area (Å²) in [7, 11) is 0. The molecule has 0 aromatic carbocycles. The lowest BCUT2D eigenvalue weighted by Gasteiger charge is -2.20. The number of thioether (sulfide) groups is 1. The number of fused-ring (bicyclic) bond motifs is 1. The number of amides is 1. The van der Waals surface area contributed by atoms with Crippen molar-refractivity contribution in [3.05, 3.63) is 6.20 Å². The van der Waals surface area contributed by atoms with Crippen LogP contribution in [-0.2, 0) is 11.3 Å². The summed E-state index contributed by atoms with van der Waals surface area (Å²) in [5.74, 6) is 3.00. The average molecular weight is 419 g/mol. The number of anilines is 1. The number of hydrogen-bond acceptors (Lipinski definition) is 6. The molecule has 0 bridgehead atoms. The van der Waals surface area contributed by atoms with Crippen LogP contribution < -0.4 is 10.6 Å². The second-order valence-corrected chi connectivity index (χ2v) is 9.46. The van der Waals surface area contributed by atoms with Crippen LogP contribution in [0.5, 0.6) is 0 Å². The Morgan fingerprint density at radius 1 is 1.28 bits per heavy atom. The first-order valence-electron chi connectivity index (χ1n) is 10.9. The molecule has 2 aromatic rings. The Bertz CT molecular complexity index is 800. The van der Waals surface area contributed by atoms with Gasteiger partial charge in [0.05, 0.1) is 18.1 Å². The predicted molar refractivity (Wildman–Crippen MR) is 119 cm³/mol. The molecular formula is C21H34N6OS. The number of nitrogens with one attached hydrogen (secondary N) is 2. The molecule has 0 radical (unpaired) electrons. The fourth-order valence-electron chi connectivity index (χ4n) is 3.76. The van der Waals surface area contributed by atoms with E-state index in [9.17, 15) is 4.79 Å². The van der Waals surface area contributed by atoms with Crippen molar-refractivity contribution >= 4 is 34.5 Å². The summed E-state index contributed by atoms with van der Waals surface area (Å²) in [6, 6.07) is 0. The zero-order valence-corrected chi connectivity index (χ0v) is 18.7. The summed E-state index contributed by atoms with van der Waals surface area (Å²) in [6.07, 6.45) is 8.71. The lowest BCUT2D eigenvalue weighted by atomic mass is 9.87. The molecule has 7 nitrogen and oxygen atoms in total. The minimum atomic E-state index is 0.157. The maximum absolute atomic E-state index is 12.3. The van der Waals surface area contributed by atoms with Gasteiger partial charge in [0, 0.05) is 19.5 Å².